The highest BCUT2D eigenvalue weighted by Gasteiger charge is 2.27. The zero-order chi connectivity index (χ0) is 35.0. The first kappa shape index (κ1) is 34.2. The molecule has 0 radical (unpaired) electrons. The molecule has 252 valence electrons. The Kier molecular flexibility index (Phi) is 10.6. The fourth-order valence-electron chi connectivity index (χ4n) is 4.66. The summed E-state index contributed by atoms with van der Waals surface area (Å²) in [5.41, 5.74) is 0.987. The van der Waals surface area contributed by atoms with Gasteiger partial charge in [0.05, 0.1) is 18.1 Å². The standard InChI is InChI=1S/C38H35NO10/c1-38(2,3)49-37(43)39-31(20-24-10-14-27(15-11-24)45-22-25-8-6-5-7-9-25)36(42)48-29-18-19-30-32(21-29)46-23-33(34(30)40)47-28-16-12-26(13-17-28)35(41)44-4/h5-19,21,23,31H,20,22H2,1-4H3,(H,39,43)/t31-/m0/s1. The summed E-state index contributed by atoms with van der Waals surface area (Å²) >= 11 is 0. The summed E-state index contributed by atoms with van der Waals surface area (Å²) in [6, 6.07) is 26.2. The van der Waals surface area contributed by atoms with E-state index in [1.165, 1.54) is 49.6 Å². The van der Waals surface area contributed by atoms with Crippen LogP contribution in [0.3, 0.4) is 0 Å². The maximum Gasteiger partial charge on any atom is 0.408 e. The minimum Gasteiger partial charge on any atom is -0.489 e. The molecule has 5 aromatic rings. The molecule has 1 N–H and O–H groups in total. The van der Waals surface area contributed by atoms with Gasteiger partial charge in [0.25, 0.3) is 0 Å². The Labute approximate surface area is 282 Å². The quantitative estimate of drug-likeness (QED) is 0.116. The Morgan fingerprint density at radius 2 is 1.49 bits per heavy atom. The van der Waals surface area contributed by atoms with E-state index < -0.39 is 35.1 Å². The molecule has 1 amide bonds. The minimum atomic E-state index is -1.12. The molecule has 1 aromatic heterocycles. The van der Waals surface area contributed by atoms with Crippen molar-refractivity contribution >= 4 is 29.0 Å². The van der Waals surface area contributed by atoms with Crippen LogP contribution < -0.4 is 25.0 Å². The van der Waals surface area contributed by atoms with Gasteiger partial charge in [-0.15, -0.1) is 0 Å². The Balaban J connectivity index is 1.29. The summed E-state index contributed by atoms with van der Waals surface area (Å²) < 4.78 is 32.9. The predicted molar refractivity (Wildman–Crippen MR) is 180 cm³/mol. The molecule has 0 fully saturated rings. The molecule has 0 bridgehead atoms. The van der Waals surface area contributed by atoms with E-state index in [2.05, 4.69) is 10.1 Å². The molecule has 0 spiro atoms. The van der Waals surface area contributed by atoms with E-state index in [0.717, 1.165) is 17.4 Å². The van der Waals surface area contributed by atoms with E-state index in [-0.39, 0.29) is 28.9 Å². The molecular weight excluding hydrogens is 630 g/mol. The largest absolute Gasteiger partial charge is 0.489 e. The van der Waals surface area contributed by atoms with Crippen molar-refractivity contribution in [2.45, 2.75) is 45.4 Å². The molecule has 49 heavy (non-hydrogen) atoms. The molecule has 0 unspecified atom stereocenters. The van der Waals surface area contributed by atoms with Gasteiger partial charge in [-0.1, -0.05) is 42.5 Å². The first-order valence-electron chi connectivity index (χ1n) is 15.4. The SMILES string of the molecule is COC(=O)c1ccc(Oc2coc3cc(OC(=O)[C@H](Cc4ccc(OCc5ccccc5)cc4)NC(=O)OC(C)(C)C)ccc3c2=O)cc1. The number of hydrogen-bond acceptors (Lipinski definition) is 10. The Morgan fingerprint density at radius 3 is 2.16 bits per heavy atom. The highest BCUT2D eigenvalue weighted by Crippen LogP contribution is 2.25. The van der Waals surface area contributed by atoms with Crippen molar-refractivity contribution in [2.24, 2.45) is 0 Å². The fraction of sp³-hybridized carbons (Fsp3) is 0.211. The monoisotopic (exact) mass is 665 g/mol. The third kappa shape index (κ3) is 9.48. The van der Waals surface area contributed by atoms with E-state index >= 15 is 0 Å². The van der Waals surface area contributed by atoms with E-state index in [9.17, 15) is 19.2 Å². The smallest absolute Gasteiger partial charge is 0.408 e. The van der Waals surface area contributed by atoms with Gasteiger partial charge in [0, 0.05) is 12.5 Å². The van der Waals surface area contributed by atoms with Gasteiger partial charge in [0.1, 0.15) is 47.3 Å². The number of carbonyl (C=O) groups is 3. The summed E-state index contributed by atoms with van der Waals surface area (Å²) in [5.74, 6) is -0.293. The number of methoxy groups -OCH3 is 1. The van der Waals surface area contributed by atoms with Gasteiger partial charge < -0.3 is 33.4 Å². The van der Waals surface area contributed by atoms with Gasteiger partial charge in [0.15, 0.2) is 0 Å². The summed E-state index contributed by atoms with van der Waals surface area (Å²) in [6.07, 6.45) is 0.459. The maximum atomic E-state index is 13.4. The summed E-state index contributed by atoms with van der Waals surface area (Å²) in [6.45, 7) is 5.55. The van der Waals surface area contributed by atoms with E-state index in [4.69, 9.17) is 23.4 Å². The molecule has 5 rings (SSSR count). The van der Waals surface area contributed by atoms with Gasteiger partial charge in [-0.05, 0) is 80.4 Å². The van der Waals surface area contributed by atoms with Crippen molar-refractivity contribution in [3.8, 4) is 23.0 Å². The first-order chi connectivity index (χ1) is 23.5. The zero-order valence-corrected chi connectivity index (χ0v) is 27.4. The van der Waals surface area contributed by atoms with Crippen LogP contribution in [0, 0.1) is 0 Å². The highest BCUT2D eigenvalue weighted by atomic mass is 16.6. The lowest BCUT2D eigenvalue weighted by atomic mass is 10.1. The second-order valence-corrected chi connectivity index (χ2v) is 11.9. The van der Waals surface area contributed by atoms with Crippen LogP contribution in [0.5, 0.6) is 23.0 Å². The third-order valence-corrected chi connectivity index (χ3v) is 7.02. The topological polar surface area (TPSA) is 140 Å². The molecule has 1 heterocycles. The Bertz CT molecular complexity index is 1980. The van der Waals surface area contributed by atoms with Gasteiger partial charge in [-0.3, -0.25) is 4.79 Å². The van der Waals surface area contributed by atoms with Crippen LogP contribution in [0.15, 0.2) is 113 Å². The fourth-order valence-corrected chi connectivity index (χ4v) is 4.66. The molecule has 0 aliphatic rings. The molecule has 4 aromatic carbocycles. The molecule has 11 heteroatoms. The van der Waals surface area contributed by atoms with Crippen molar-refractivity contribution in [3.05, 3.63) is 130 Å². The summed E-state index contributed by atoms with van der Waals surface area (Å²) in [7, 11) is 1.28. The number of alkyl carbamates (subject to hydrolysis) is 1. The number of nitrogens with one attached hydrogen (secondary N) is 1. The molecule has 0 aliphatic carbocycles. The maximum absolute atomic E-state index is 13.4. The van der Waals surface area contributed by atoms with Crippen molar-refractivity contribution in [1.29, 1.82) is 0 Å². The van der Waals surface area contributed by atoms with E-state index in [1.807, 2.05) is 30.3 Å². The lowest BCUT2D eigenvalue weighted by molar-refractivity contribution is -0.136. The third-order valence-electron chi connectivity index (χ3n) is 7.02. The predicted octanol–water partition coefficient (Wildman–Crippen LogP) is 6.99. The molecule has 1 atom stereocenters. The van der Waals surface area contributed by atoms with Crippen LogP contribution in [0.2, 0.25) is 0 Å². The molecule has 0 aliphatic heterocycles. The minimum absolute atomic E-state index is 0.0822. The van der Waals surface area contributed by atoms with Gasteiger partial charge >= 0.3 is 18.0 Å². The number of hydrogen-bond donors (Lipinski definition) is 1. The van der Waals surface area contributed by atoms with Gasteiger partial charge in [-0.2, -0.15) is 0 Å². The Morgan fingerprint density at radius 1 is 0.816 bits per heavy atom. The second-order valence-electron chi connectivity index (χ2n) is 11.9. The van der Waals surface area contributed by atoms with Crippen LogP contribution in [0.1, 0.15) is 42.3 Å². The second kappa shape index (κ2) is 15.2. The average molecular weight is 666 g/mol. The van der Waals surface area contributed by atoms with E-state index in [0.29, 0.717) is 23.7 Å². The lowest BCUT2D eigenvalue weighted by Gasteiger charge is -2.23. The highest BCUT2D eigenvalue weighted by molar-refractivity contribution is 5.89. The number of benzene rings is 4. The summed E-state index contributed by atoms with van der Waals surface area (Å²) in [4.78, 5) is 50.9. The first-order valence-corrected chi connectivity index (χ1v) is 15.4. The zero-order valence-electron chi connectivity index (χ0n) is 27.4. The van der Waals surface area contributed by atoms with Gasteiger partial charge in [-0.25, -0.2) is 14.4 Å². The average Bonchev–Trinajstić information content (AvgIpc) is 3.08. The van der Waals surface area contributed by atoms with Crippen LogP contribution in [-0.2, 0) is 27.3 Å². The summed E-state index contributed by atoms with van der Waals surface area (Å²) in [5, 5.41) is 2.79. The molecular formula is C38H35NO10. The molecule has 0 saturated carbocycles. The van der Waals surface area contributed by atoms with Crippen LogP contribution in [0.4, 0.5) is 4.79 Å². The van der Waals surface area contributed by atoms with Crippen molar-refractivity contribution < 1.29 is 42.5 Å². The normalized spacial score (nSPS) is 11.7. The lowest BCUT2D eigenvalue weighted by Crippen LogP contribution is -2.46. The van der Waals surface area contributed by atoms with E-state index in [1.54, 1.807) is 45.0 Å². The number of ether oxygens (including phenoxy) is 5. The van der Waals surface area contributed by atoms with Crippen molar-refractivity contribution in [1.82, 2.24) is 5.32 Å². The number of fused-ring (bicyclic) bond motifs is 1. The van der Waals surface area contributed by atoms with Crippen LogP contribution in [0.25, 0.3) is 11.0 Å². The van der Waals surface area contributed by atoms with Gasteiger partial charge in [0.2, 0.25) is 11.2 Å². The number of amides is 1. The number of rotatable bonds is 11. The molecule has 0 saturated heterocycles. The number of carbonyl (C=O) groups excluding carboxylic acids is 3. The van der Waals surface area contributed by atoms with Crippen molar-refractivity contribution in [2.75, 3.05) is 7.11 Å². The van der Waals surface area contributed by atoms with Crippen LogP contribution in [-0.4, -0.2) is 36.8 Å². The Hall–Kier alpha value is -6.10. The number of esters is 2. The van der Waals surface area contributed by atoms with Crippen LogP contribution >= 0.6 is 0 Å². The molecule has 11 nitrogen and oxygen atoms in total. The van der Waals surface area contributed by atoms with Crippen molar-refractivity contribution in [3.63, 3.8) is 0 Å².